The lowest BCUT2D eigenvalue weighted by Crippen LogP contribution is -2.17. The van der Waals surface area contributed by atoms with Gasteiger partial charge >= 0.3 is 0 Å². The molecule has 0 spiro atoms. The molecule has 0 unspecified atom stereocenters. The maximum absolute atomic E-state index is 5.08. The van der Waals surface area contributed by atoms with Crippen molar-refractivity contribution in [2.45, 2.75) is 0 Å². The summed E-state index contributed by atoms with van der Waals surface area (Å²) in [6.45, 7) is 1.65. The zero-order valence-corrected chi connectivity index (χ0v) is 3.49. The summed E-state index contributed by atoms with van der Waals surface area (Å²) >= 11 is 0. The Balaban J connectivity index is 0. The molecule has 0 fully saturated rings. The van der Waals surface area contributed by atoms with Gasteiger partial charge in [0.05, 0.1) is 0 Å². The highest BCUT2D eigenvalue weighted by Crippen LogP contribution is 1.37. The second kappa shape index (κ2) is 9.07. The van der Waals surface area contributed by atoms with Crippen LogP contribution in [0.25, 0.3) is 0 Å². The van der Waals surface area contributed by atoms with Crippen molar-refractivity contribution < 1.29 is 0 Å². The van der Waals surface area contributed by atoms with E-state index in [0.717, 1.165) is 13.1 Å². The van der Waals surface area contributed by atoms with Crippen LogP contribution in [0.15, 0.2) is 0 Å². The fraction of sp³-hybridized carbons (Fsp3) is 1.00. The standard InChI is InChI=1S/C3H10N2.Al.3H/c1-5-3-2-4;;;;/h5H,2-4H2,1H3;;;;. The van der Waals surface area contributed by atoms with Crippen molar-refractivity contribution in [2.24, 2.45) is 5.73 Å². The molecular weight excluding hydrogens is 91.0 g/mol. The van der Waals surface area contributed by atoms with Crippen LogP contribution in [0.3, 0.4) is 0 Å². The van der Waals surface area contributed by atoms with Crippen LogP contribution in [0.1, 0.15) is 0 Å². The van der Waals surface area contributed by atoms with Crippen LogP contribution in [-0.2, 0) is 0 Å². The van der Waals surface area contributed by atoms with E-state index in [4.69, 9.17) is 5.73 Å². The Labute approximate surface area is 49.2 Å². The molecule has 0 saturated heterocycles. The van der Waals surface area contributed by atoms with Crippen LogP contribution >= 0.6 is 0 Å². The molecule has 0 amide bonds. The second-order valence-electron chi connectivity index (χ2n) is 0.892. The maximum atomic E-state index is 5.08. The van der Waals surface area contributed by atoms with Crippen molar-refractivity contribution in [2.75, 3.05) is 20.1 Å². The lowest BCUT2D eigenvalue weighted by Gasteiger charge is -1.85. The van der Waals surface area contributed by atoms with E-state index in [0.29, 0.717) is 0 Å². The van der Waals surface area contributed by atoms with Crippen molar-refractivity contribution in [3.05, 3.63) is 0 Å². The monoisotopic (exact) mass is 104 g/mol. The van der Waals surface area contributed by atoms with E-state index in [1.165, 1.54) is 0 Å². The van der Waals surface area contributed by atoms with Crippen LogP contribution < -0.4 is 11.1 Å². The largest absolute Gasteiger partial charge is 0.329 e. The van der Waals surface area contributed by atoms with E-state index in [9.17, 15) is 0 Å². The lowest BCUT2D eigenvalue weighted by atomic mass is 10.7. The number of hydrogen-bond donors (Lipinski definition) is 2. The highest BCUT2D eigenvalue weighted by Gasteiger charge is 1.64. The molecule has 0 atom stereocenters. The molecular formula is C3H13AlN2. The van der Waals surface area contributed by atoms with Crippen LogP contribution in [-0.4, -0.2) is 37.5 Å². The van der Waals surface area contributed by atoms with Crippen LogP contribution in [0.4, 0.5) is 0 Å². The first-order chi connectivity index (χ1) is 2.41. The quantitative estimate of drug-likeness (QED) is 0.397. The maximum Gasteiger partial charge on any atom is 0.187 e. The summed E-state index contributed by atoms with van der Waals surface area (Å²) in [5.41, 5.74) is 5.08. The molecule has 6 heavy (non-hydrogen) atoms. The van der Waals surface area contributed by atoms with Gasteiger partial charge in [0.1, 0.15) is 0 Å². The number of nitrogens with one attached hydrogen (secondary N) is 1. The van der Waals surface area contributed by atoms with Crippen LogP contribution in [0.2, 0.25) is 0 Å². The minimum Gasteiger partial charge on any atom is -0.329 e. The molecule has 0 bridgehead atoms. The molecule has 3 N–H and O–H groups in total. The molecule has 0 aromatic rings. The van der Waals surface area contributed by atoms with Gasteiger partial charge in [0.15, 0.2) is 17.4 Å². The van der Waals surface area contributed by atoms with Gasteiger partial charge in [0, 0.05) is 13.1 Å². The summed E-state index contributed by atoms with van der Waals surface area (Å²) in [6.07, 6.45) is 0. The first-order valence-corrected chi connectivity index (χ1v) is 1.76. The Hall–Kier alpha value is 0.452. The topological polar surface area (TPSA) is 38.0 Å². The number of hydrogen-bond acceptors (Lipinski definition) is 2. The molecule has 0 aliphatic heterocycles. The van der Waals surface area contributed by atoms with Crippen molar-refractivity contribution >= 4 is 17.4 Å². The van der Waals surface area contributed by atoms with Gasteiger partial charge in [-0.25, -0.2) is 0 Å². The molecule has 0 rings (SSSR count). The van der Waals surface area contributed by atoms with Gasteiger partial charge < -0.3 is 11.1 Å². The summed E-state index contributed by atoms with van der Waals surface area (Å²) in [7, 11) is 1.88. The normalized spacial score (nSPS) is 7.00. The molecule has 38 valence electrons. The smallest absolute Gasteiger partial charge is 0.187 e. The number of nitrogens with two attached hydrogens (primary N) is 1. The second-order valence-corrected chi connectivity index (χ2v) is 0.892. The average molecular weight is 104 g/mol. The summed E-state index contributed by atoms with van der Waals surface area (Å²) in [5.74, 6) is 0. The molecule has 0 aliphatic rings. The van der Waals surface area contributed by atoms with Gasteiger partial charge in [-0.05, 0) is 7.05 Å². The van der Waals surface area contributed by atoms with Gasteiger partial charge in [0.2, 0.25) is 0 Å². The minimum absolute atomic E-state index is 0. The predicted octanol–water partition coefficient (Wildman–Crippen LogP) is -2.02. The molecule has 0 saturated carbocycles. The SMILES string of the molecule is CNCCN.[AlH3]. The Morgan fingerprint density at radius 3 is 2.17 bits per heavy atom. The molecule has 0 radical (unpaired) electrons. The fourth-order valence-electron chi connectivity index (χ4n) is 0.144. The zero-order valence-electron chi connectivity index (χ0n) is 3.49. The van der Waals surface area contributed by atoms with Gasteiger partial charge in [-0.3, -0.25) is 0 Å². The molecule has 0 aromatic carbocycles. The first-order valence-electron chi connectivity index (χ1n) is 1.76. The Bertz CT molecular complexity index is 16.3. The molecule has 2 nitrogen and oxygen atoms in total. The zero-order chi connectivity index (χ0) is 4.12. The van der Waals surface area contributed by atoms with Crippen LogP contribution in [0, 0.1) is 0 Å². The third kappa shape index (κ3) is 8.82. The Morgan fingerprint density at radius 1 is 1.67 bits per heavy atom. The van der Waals surface area contributed by atoms with E-state index in [2.05, 4.69) is 5.32 Å². The van der Waals surface area contributed by atoms with Crippen molar-refractivity contribution in [3.8, 4) is 0 Å². The summed E-state index contributed by atoms with van der Waals surface area (Å²) in [4.78, 5) is 0. The highest BCUT2D eigenvalue weighted by molar-refractivity contribution is 5.75. The van der Waals surface area contributed by atoms with Crippen LogP contribution in [0.5, 0.6) is 0 Å². The van der Waals surface area contributed by atoms with Gasteiger partial charge in [-0.1, -0.05) is 0 Å². The summed E-state index contributed by atoms with van der Waals surface area (Å²) < 4.78 is 0. The van der Waals surface area contributed by atoms with E-state index >= 15 is 0 Å². The number of rotatable bonds is 2. The molecule has 0 heterocycles. The fourth-order valence-corrected chi connectivity index (χ4v) is 0.144. The molecule has 0 aromatic heterocycles. The third-order valence-electron chi connectivity index (χ3n) is 0.394. The van der Waals surface area contributed by atoms with Gasteiger partial charge in [-0.2, -0.15) is 0 Å². The highest BCUT2D eigenvalue weighted by atomic mass is 27.0. The van der Waals surface area contributed by atoms with E-state index < -0.39 is 0 Å². The number of likely N-dealkylation sites (N-methyl/N-ethyl adjacent to an activating group) is 1. The van der Waals surface area contributed by atoms with E-state index in [1.807, 2.05) is 7.05 Å². The van der Waals surface area contributed by atoms with Gasteiger partial charge in [0.25, 0.3) is 0 Å². The van der Waals surface area contributed by atoms with E-state index in [-0.39, 0.29) is 17.4 Å². The lowest BCUT2D eigenvalue weighted by molar-refractivity contribution is 0.802. The average Bonchev–Trinajstić information content (AvgIpc) is 1.41. The van der Waals surface area contributed by atoms with Gasteiger partial charge in [-0.15, -0.1) is 0 Å². The third-order valence-corrected chi connectivity index (χ3v) is 0.394. The molecule has 3 heteroatoms. The summed E-state index contributed by atoms with van der Waals surface area (Å²) in [6, 6.07) is 0. The van der Waals surface area contributed by atoms with Crippen molar-refractivity contribution in [3.63, 3.8) is 0 Å². The van der Waals surface area contributed by atoms with E-state index in [1.54, 1.807) is 0 Å². The summed E-state index contributed by atoms with van der Waals surface area (Å²) in [5, 5.41) is 2.89. The molecule has 0 aliphatic carbocycles. The Morgan fingerprint density at radius 2 is 2.17 bits per heavy atom. The Kier molecular flexibility index (Phi) is 14.6. The first kappa shape index (κ1) is 9.68. The minimum atomic E-state index is 0. The van der Waals surface area contributed by atoms with Crippen molar-refractivity contribution in [1.29, 1.82) is 0 Å². The van der Waals surface area contributed by atoms with Crippen molar-refractivity contribution in [1.82, 2.24) is 5.32 Å². The predicted molar refractivity (Wildman–Crippen MR) is 32.9 cm³/mol.